The predicted molar refractivity (Wildman–Crippen MR) is 136 cm³/mol. The van der Waals surface area contributed by atoms with Crippen LogP contribution in [0.15, 0.2) is 79.4 Å². The maximum atomic E-state index is 13.5. The van der Waals surface area contributed by atoms with E-state index < -0.39 is 0 Å². The largest absolute Gasteiger partial charge is 0.451 e. The molecule has 0 saturated carbocycles. The van der Waals surface area contributed by atoms with Crippen molar-refractivity contribution in [2.24, 2.45) is 0 Å². The van der Waals surface area contributed by atoms with Crippen LogP contribution in [0.4, 0.5) is 11.4 Å². The van der Waals surface area contributed by atoms with Crippen molar-refractivity contribution < 1.29 is 14.3 Å². The minimum Gasteiger partial charge on any atom is -0.451 e. The van der Waals surface area contributed by atoms with Crippen LogP contribution in [0, 0.1) is 13.8 Å². The molecule has 0 aliphatic heterocycles. The molecule has 168 valence electrons. The lowest BCUT2D eigenvalue weighted by Crippen LogP contribution is -2.19. The molecule has 1 aliphatic rings. The number of fused-ring (bicyclic) bond motifs is 2. The Balaban J connectivity index is 1.76. The van der Waals surface area contributed by atoms with Gasteiger partial charge in [-0.2, -0.15) is 0 Å². The zero-order valence-corrected chi connectivity index (χ0v) is 19.0. The van der Waals surface area contributed by atoms with Gasteiger partial charge in [-0.25, -0.2) is 0 Å². The van der Waals surface area contributed by atoms with Crippen LogP contribution in [-0.4, -0.2) is 5.78 Å². The van der Waals surface area contributed by atoms with Gasteiger partial charge in [-0.1, -0.05) is 55.1 Å². The molecule has 5 nitrogen and oxygen atoms in total. The summed E-state index contributed by atoms with van der Waals surface area (Å²) in [6, 6.07) is 22.4. The quantitative estimate of drug-likeness (QED) is 0.300. The maximum absolute atomic E-state index is 13.5. The highest BCUT2D eigenvalue weighted by Crippen LogP contribution is 2.52. The first kappa shape index (κ1) is 21.3. The van der Waals surface area contributed by atoms with Crippen LogP contribution in [0.3, 0.4) is 0 Å². The molecule has 0 fully saturated rings. The van der Waals surface area contributed by atoms with Crippen molar-refractivity contribution in [3.8, 4) is 23.0 Å². The van der Waals surface area contributed by atoms with E-state index in [0.29, 0.717) is 28.2 Å². The van der Waals surface area contributed by atoms with E-state index in [2.05, 4.69) is 6.58 Å². The molecule has 0 aromatic heterocycles. The fraction of sp³-hybridized carbons (Fsp3) is 0.0690. The SMILES string of the molecule is C=C1c2ccccc2C(=O)c2c(N)c(Oc3cccc(C)c3)c(Oc3cccc(C)c3)c(N)c21. The summed E-state index contributed by atoms with van der Waals surface area (Å²) in [5.74, 6) is 1.36. The number of hydrogen-bond donors (Lipinski definition) is 2. The van der Waals surface area contributed by atoms with Crippen molar-refractivity contribution in [1.82, 2.24) is 0 Å². The van der Waals surface area contributed by atoms with Crippen molar-refractivity contribution in [3.05, 3.63) is 113 Å². The number of anilines is 2. The predicted octanol–water partition coefficient (Wildman–Crippen LogP) is 6.66. The zero-order valence-electron chi connectivity index (χ0n) is 19.0. The van der Waals surface area contributed by atoms with Crippen molar-refractivity contribution in [2.75, 3.05) is 11.5 Å². The lowest BCUT2D eigenvalue weighted by molar-refractivity contribution is 0.103. The molecule has 4 aromatic rings. The Morgan fingerprint density at radius 3 is 1.71 bits per heavy atom. The Labute approximate surface area is 198 Å². The van der Waals surface area contributed by atoms with E-state index in [1.165, 1.54) is 0 Å². The number of hydrogen-bond acceptors (Lipinski definition) is 5. The standard InChI is InChI=1S/C29H24N2O3/c1-16-8-6-10-19(14-16)33-28-25(30)23-18(3)21-12-4-5-13-22(21)27(32)24(23)26(31)29(28)34-20-11-7-9-17(2)15-20/h4-15H,3,30-31H2,1-2H3. The lowest BCUT2D eigenvalue weighted by Gasteiger charge is -2.27. The molecule has 0 heterocycles. The van der Waals surface area contributed by atoms with E-state index in [9.17, 15) is 4.79 Å². The van der Waals surface area contributed by atoms with Gasteiger partial charge in [0.15, 0.2) is 17.3 Å². The third-order valence-corrected chi connectivity index (χ3v) is 5.93. The Kier molecular flexibility index (Phi) is 5.10. The van der Waals surface area contributed by atoms with Gasteiger partial charge in [0.25, 0.3) is 0 Å². The highest BCUT2D eigenvalue weighted by atomic mass is 16.5. The van der Waals surface area contributed by atoms with Gasteiger partial charge in [-0.3, -0.25) is 4.79 Å². The zero-order chi connectivity index (χ0) is 24.0. The van der Waals surface area contributed by atoms with Crippen LogP contribution in [0.25, 0.3) is 5.57 Å². The van der Waals surface area contributed by atoms with Gasteiger partial charge >= 0.3 is 0 Å². The monoisotopic (exact) mass is 448 g/mol. The van der Waals surface area contributed by atoms with Gasteiger partial charge in [-0.05, 0) is 60.4 Å². The van der Waals surface area contributed by atoms with Crippen LogP contribution in [0.2, 0.25) is 0 Å². The molecule has 5 heteroatoms. The third-order valence-electron chi connectivity index (χ3n) is 5.93. The smallest absolute Gasteiger partial charge is 0.196 e. The summed E-state index contributed by atoms with van der Waals surface area (Å²) < 4.78 is 12.5. The van der Waals surface area contributed by atoms with E-state index in [-0.39, 0.29) is 34.2 Å². The molecule has 0 amide bonds. The number of rotatable bonds is 4. The van der Waals surface area contributed by atoms with Gasteiger partial charge in [0.2, 0.25) is 0 Å². The molecule has 4 aromatic carbocycles. The fourth-order valence-corrected chi connectivity index (χ4v) is 4.30. The number of carbonyl (C=O) groups excluding carboxylic acids is 1. The first-order chi connectivity index (χ1) is 16.3. The van der Waals surface area contributed by atoms with E-state index in [1.54, 1.807) is 6.07 Å². The molecule has 0 spiro atoms. The van der Waals surface area contributed by atoms with E-state index >= 15 is 0 Å². The summed E-state index contributed by atoms with van der Waals surface area (Å²) in [4.78, 5) is 13.5. The number of nitrogen functional groups attached to an aromatic ring is 2. The molecule has 0 radical (unpaired) electrons. The normalized spacial score (nSPS) is 12.2. The summed E-state index contributed by atoms with van der Waals surface area (Å²) in [5, 5.41) is 0. The maximum Gasteiger partial charge on any atom is 0.196 e. The molecule has 0 unspecified atom stereocenters. The summed E-state index contributed by atoms with van der Waals surface area (Å²) >= 11 is 0. The second-order valence-electron chi connectivity index (χ2n) is 8.43. The van der Waals surface area contributed by atoms with Crippen LogP contribution in [0.5, 0.6) is 23.0 Å². The third kappa shape index (κ3) is 3.48. The number of carbonyl (C=O) groups is 1. The number of nitrogens with two attached hydrogens (primary N) is 2. The van der Waals surface area contributed by atoms with Gasteiger partial charge in [0.1, 0.15) is 11.5 Å². The van der Waals surface area contributed by atoms with E-state index in [0.717, 1.165) is 16.7 Å². The van der Waals surface area contributed by atoms with Crippen molar-refractivity contribution in [1.29, 1.82) is 0 Å². The fourth-order valence-electron chi connectivity index (χ4n) is 4.30. The van der Waals surface area contributed by atoms with Gasteiger partial charge in [-0.15, -0.1) is 0 Å². The molecule has 34 heavy (non-hydrogen) atoms. The molecular weight excluding hydrogens is 424 g/mol. The van der Waals surface area contributed by atoms with Crippen LogP contribution in [-0.2, 0) is 0 Å². The van der Waals surface area contributed by atoms with Gasteiger partial charge in [0.05, 0.1) is 16.9 Å². The minimum atomic E-state index is -0.224. The second-order valence-corrected chi connectivity index (χ2v) is 8.43. The Bertz CT molecular complexity index is 1380. The van der Waals surface area contributed by atoms with E-state index in [4.69, 9.17) is 20.9 Å². The first-order valence-corrected chi connectivity index (χ1v) is 10.9. The summed E-state index contributed by atoms with van der Waals surface area (Å²) in [7, 11) is 0. The Hall–Kier alpha value is -4.51. The molecule has 0 bridgehead atoms. The van der Waals surface area contributed by atoms with Crippen molar-refractivity contribution in [3.63, 3.8) is 0 Å². The topological polar surface area (TPSA) is 87.6 Å². The molecule has 0 saturated heterocycles. The van der Waals surface area contributed by atoms with Gasteiger partial charge < -0.3 is 20.9 Å². The summed E-state index contributed by atoms with van der Waals surface area (Å²) in [6.07, 6.45) is 0. The Morgan fingerprint density at radius 2 is 1.18 bits per heavy atom. The Morgan fingerprint density at radius 1 is 0.676 bits per heavy atom. The molecule has 0 atom stereocenters. The lowest BCUT2D eigenvalue weighted by atomic mass is 9.80. The van der Waals surface area contributed by atoms with Crippen LogP contribution in [0.1, 0.15) is 38.2 Å². The highest BCUT2D eigenvalue weighted by molar-refractivity contribution is 6.23. The first-order valence-electron chi connectivity index (χ1n) is 10.9. The number of ketones is 1. The number of ether oxygens (including phenoxy) is 2. The highest BCUT2D eigenvalue weighted by Gasteiger charge is 2.34. The van der Waals surface area contributed by atoms with Crippen LogP contribution < -0.4 is 20.9 Å². The second kappa shape index (κ2) is 8.12. The molecule has 4 N–H and O–H groups in total. The molecule has 1 aliphatic carbocycles. The number of aryl methyl sites for hydroxylation is 2. The van der Waals surface area contributed by atoms with E-state index in [1.807, 2.05) is 80.6 Å². The average molecular weight is 449 g/mol. The average Bonchev–Trinajstić information content (AvgIpc) is 2.82. The summed E-state index contributed by atoms with van der Waals surface area (Å²) in [5.41, 5.74) is 18.4. The molecule has 5 rings (SSSR count). The number of benzene rings is 4. The van der Waals surface area contributed by atoms with Crippen LogP contribution >= 0.6 is 0 Å². The van der Waals surface area contributed by atoms with Crippen molar-refractivity contribution >= 4 is 22.7 Å². The van der Waals surface area contributed by atoms with Crippen molar-refractivity contribution in [2.45, 2.75) is 13.8 Å². The summed E-state index contributed by atoms with van der Waals surface area (Å²) in [6.45, 7) is 8.17. The minimum absolute atomic E-state index is 0.161. The molecular formula is C29H24N2O3. The van der Waals surface area contributed by atoms with Gasteiger partial charge in [0, 0.05) is 11.1 Å².